The van der Waals surface area contributed by atoms with Crippen LogP contribution in [0.5, 0.6) is 0 Å². The van der Waals surface area contributed by atoms with Gasteiger partial charge in [0.15, 0.2) is 6.61 Å². The van der Waals surface area contributed by atoms with Gasteiger partial charge in [-0.25, -0.2) is 0 Å². The van der Waals surface area contributed by atoms with Crippen LogP contribution in [0.3, 0.4) is 0 Å². The van der Waals surface area contributed by atoms with Gasteiger partial charge in [0, 0.05) is 12.0 Å². The van der Waals surface area contributed by atoms with E-state index in [1.165, 1.54) is 25.7 Å². The first-order valence-corrected chi connectivity index (χ1v) is 8.40. The summed E-state index contributed by atoms with van der Waals surface area (Å²) in [7, 11) is 0. The molecule has 0 aliphatic heterocycles. The molecule has 0 atom stereocenters. The van der Waals surface area contributed by atoms with E-state index in [4.69, 9.17) is 4.74 Å². The maximum absolute atomic E-state index is 12.3. The van der Waals surface area contributed by atoms with E-state index in [-0.39, 0.29) is 18.4 Å². The predicted molar refractivity (Wildman–Crippen MR) is 90.4 cm³/mol. The molecule has 0 spiro atoms. The standard InChI is InChI=1S/C20H22O3/c21-19(14-23-20(22)13-12-15-6-1-2-7-15)18-11-5-9-16-8-3-4-10-17(16)18/h3-5,8-11,15H,1-2,6-7,12-14H2. The number of carbonyl (C=O) groups is 2. The van der Waals surface area contributed by atoms with Crippen molar-refractivity contribution in [1.29, 1.82) is 0 Å². The van der Waals surface area contributed by atoms with E-state index in [1.54, 1.807) is 6.07 Å². The second-order valence-corrected chi connectivity index (χ2v) is 6.30. The van der Waals surface area contributed by atoms with Crippen LogP contribution in [-0.4, -0.2) is 18.4 Å². The van der Waals surface area contributed by atoms with Crippen molar-refractivity contribution in [3.8, 4) is 0 Å². The largest absolute Gasteiger partial charge is 0.457 e. The van der Waals surface area contributed by atoms with Gasteiger partial charge in [-0.3, -0.25) is 9.59 Å². The van der Waals surface area contributed by atoms with Crippen LogP contribution >= 0.6 is 0 Å². The maximum atomic E-state index is 12.3. The number of hydrogen-bond acceptors (Lipinski definition) is 3. The van der Waals surface area contributed by atoms with Gasteiger partial charge in [0.25, 0.3) is 0 Å². The fraction of sp³-hybridized carbons (Fsp3) is 0.400. The molecule has 0 saturated heterocycles. The zero-order valence-electron chi connectivity index (χ0n) is 13.3. The summed E-state index contributed by atoms with van der Waals surface area (Å²) in [6, 6.07) is 13.4. The van der Waals surface area contributed by atoms with E-state index in [9.17, 15) is 9.59 Å². The Labute approximate surface area is 136 Å². The van der Waals surface area contributed by atoms with Gasteiger partial charge in [-0.1, -0.05) is 68.1 Å². The predicted octanol–water partition coefficient (Wildman–Crippen LogP) is 4.54. The fourth-order valence-corrected chi connectivity index (χ4v) is 3.39. The van der Waals surface area contributed by atoms with E-state index >= 15 is 0 Å². The minimum Gasteiger partial charge on any atom is -0.457 e. The molecule has 3 heteroatoms. The van der Waals surface area contributed by atoms with Gasteiger partial charge in [-0.2, -0.15) is 0 Å². The van der Waals surface area contributed by atoms with E-state index in [1.807, 2.05) is 36.4 Å². The lowest BCUT2D eigenvalue weighted by molar-refractivity contribution is -0.142. The van der Waals surface area contributed by atoms with Gasteiger partial charge in [0.05, 0.1) is 0 Å². The van der Waals surface area contributed by atoms with E-state index in [0.29, 0.717) is 17.9 Å². The molecule has 0 aromatic heterocycles. The third-order valence-electron chi connectivity index (χ3n) is 4.69. The van der Waals surface area contributed by atoms with Crippen LogP contribution in [0.25, 0.3) is 10.8 Å². The molecule has 1 aliphatic carbocycles. The molecule has 0 unspecified atom stereocenters. The second kappa shape index (κ2) is 7.40. The first-order valence-electron chi connectivity index (χ1n) is 8.40. The third kappa shape index (κ3) is 3.98. The maximum Gasteiger partial charge on any atom is 0.306 e. The Morgan fingerprint density at radius 3 is 2.57 bits per heavy atom. The van der Waals surface area contributed by atoms with E-state index in [0.717, 1.165) is 17.2 Å². The van der Waals surface area contributed by atoms with Crippen molar-refractivity contribution in [2.75, 3.05) is 6.61 Å². The number of hydrogen-bond donors (Lipinski definition) is 0. The van der Waals surface area contributed by atoms with Crippen molar-refractivity contribution < 1.29 is 14.3 Å². The zero-order valence-corrected chi connectivity index (χ0v) is 13.3. The quantitative estimate of drug-likeness (QED) is 0.581. The molecule has 2 aromatic carbocycles. The molecule has 0 heterocycles. The fourth-order valence-electron chi connectivity index (χ4n) is 3.39. The van der Waals surface area contributed by atoms with Crippen LogP contribution in [0, 0.1) is 5.92 Å². The Hall–Kier alpha value is -2.16. The van der Waals surface area contributed by atoms with Crippen molar-refractivity contribution >= 4 is 22.5 Å². The Morgan fingerprint density at radius 1 is 1.00 bits per heavy atom. The normalized spacial score (nSPS) is 15.0. The number of fused-ring (bicyclic) bond motifs is 1. The molecule has 23 heavy (non-hydrogen) atoms. The Morgan fingerprint density at radius 2 is 1.74 bits per heavy atom. The van der Waals surface area contributed by atoms with Crippen molar-refractivity contribution in [3.05, 3.63) is 48.0 Å². The van der Waals surface area contributed by atoms with Crippen LogP contribution in [0.2, 0.25) is 0 Å². The summed E-state index contributed by atoms with van der Waals surface area (Å²) in [5, 5.41) is 1.92. The highest BCUT2D eigenvalue weighted by Crippen LogP contribution is 2.28. The molecule has 120 valence electrons. The first kappa shape index (κ1) is 15.7. The summed E-state index contributed by atoms with van der Waals surface area (Å²) in [5.41, 5.74) is 0.617. The molecule has 1 aliphatic rings. The number of rotatable bonds is 6. The molecule has 0 bridgehead atoms. The second-order valence-electron chi connectivity index (χ2n) is 6.30. The third-order valence-corrected chi connectivity index (χ3v) is 4.69. The van der Waals surface area contributed by atoms with Gasteiger partial charge in [-0.15, -0.1) is 0 Å². The lowest BCUT2D eigenvalue weighted by atomic mass is 10.0. The molecule has 3 nitrogen and oxygen atoms in total. The summed E-state index contributed by atoms with van der Waals surface area (Å²) in [6.45, 7) is -0.169. The number of esters is 1. The molecular formula is C20H22O3. The lowest BCUT2D eigenvalue weighted by Crippen LogP contribution is -2.15. The monoisotopic (exact) mass is 310 g/mol. The van der Waals surface area contributed by atoms with Crippen LogP contribution < -0.4 is 0 Å². The smallest absolute Gasteiger partial charge is 0.306 e. The summed E-state index contributed by atoms with van der Waals surface area (Å²) in [4.78, 5) is 24.2. The molecular weight excluding hydrogens is 288 g/mol. The van der Waals surface area contributed by atoms with Gasteiger partial charge in [-0.05, 0) is 23.1 Å². The average molecular weight is 310 g/mol. The highest BCUT2D eigenvalue weighted by atomic mass is 16.5. The van der Waals surface area contributed by atoms with Crippen LogP contribution in [0.1, 0.15) is 48.9 Å². The summed E-state index contributed by atoms with van der Waals surface area (Å²) in [5.74, 6) is 0.262. The van der Waals surface area contributed by atoms with Crippen LogP contribution in [0.15, 0.2) is 42.5 Å². The number of ether oxygens (including phenoxy) is 1. The minimum atomic E-state index is -0.259. The average Bonchev–Trinajstić information content (AvgIpc) is 3.11. The summed E-state index contributed by atoms with van der Waals surface area (Å²) >= 11 is 0. The molecule has 1 fully saturated rings. The van der Waals surface area contributed by atoms with Crippen molar-refractivity contribution in [2.45, 2.75) is 38.5 Å². The summed E-state index contributed by atoms with van der Waals surface area (Å²) in [6.07, 6.45) is 6.32. The molecule has 0 radical (unpaired) electrons. The van der Waals surface area contributed by atoms with E-state index < -0.39 is 0 Å². The number of Topliss-reactive ketones (excluding diaryl/α,β-unsaturated/α-hetero) is 1. The molecule has 3 rings (SSSR count). The minimum absolute atomic E-state index is 0.143. The molecule has 2 aromatic rings. The Kier molecular flexibility index (Phi) is 5.06. The number of benzene rings is 2. The highest BCUT2D eigenvalue weighted by Gasteiger charge is 2.17. The molecule has 0 N–H and O–H groups in total. The lowest BCUT2D eigenvalue weighted by Gasteiger charge is -2.09. The van der Waals surface area contributed by atoms with Crippen molar-refractivity contribution in [1.82, 2.24) is 0 Å². The van der Waals surface area contributed by atoms with Gasteiger partial charge >= 0.3 is 5.97 Å². The van der Waals surface area contributed by atoms with E-state index in [2.05, 4.69) is 0 Å². The van der Waals surface area contributed by atoms with Crippen LogP contribution in [0.4, 0.5) is 0 Å². The highest BCUT2D eigenvalue weighted by molar-refractivity contribution is 6.09. The Bertz CT molecular complexity index is 694. The first-order chi connectivity index (χ1) is 11.2. The number of carbonyl (C=O) groups excluding carboxylic acids is 2. The zero-order chi connectivity index (χ0) is 16.1. The molecule has 1 saturated carbocycles. The van der Waals surface area contributed by atoms with Gasteiger partial charge in [0.1, 0.15) is 0 Å². The Balaban J connectivity index is 1.55. The van der Waals surface area contributed by atoms with Crippen molar-refractivity contribution in [3.63, 3.8) is 0 Å². The van der Waals surface area contributed by atoms with Crippen molar-refractivity contribution in [2.24, 2.45) is 5.92 Å². The SMILES string of the molecule is O=C(CCC1CCCC1)OCC(=O)c1cccc2ccccc12. The topological polar surface area (TPSA) is 43.4 Å². The molecule has 0 amide bonds. The van der Waals surface area contributed by atoms with Gasteiger partial charge < -0.3 is 4.74 Å². The van der Waals surface area contributed by atoms with Crippen LogP contribution in [-0.2, 0) is 9.53 Å². The van der Waals surface area contributed by atoms with Gasteiger partial charge in [0.2, 0.25) is 5.78 Å². The summed E-state index contributed by atoms with van der Waals surface area (Å²) < 4.78 is 5.18. The number of ketones is 1.